The summed E-state index contributed by atoms with van der Waals surface area (Å²) in [6.45, 7) is 4.74. The third-order valence-electron chi connectivity index (χ3n) is 5.53. The quantitative estimate of drug-likeness (QED) is 0.118. The summed E-state index contributed by atoms with van der Waals surface area (Å²) in [5.41, 5.74) is 0. The van der Waals surface area contributed by atoms with Gasteiger partial charge in [-0.25, -0.2) is 4.57 Å². The van der Waals surface area contributed by atoms with E-state index in [0.717, 1.165) is 13.0 Å². The van der Waals surface area contributed by atoms with Crippen molar-refractivity contribution in [3.63, 3.8) is 0 Å². The van der Waals surface area contributed by atoms with Crippen LogP contribution in [0.4, 0.5) is 0 Å². The first kappa shape index (κ1) is 31.0. The molecule has 0 amide bonds. The number of unbranched alkanes of at least 4 members (excludes halogenated alkanes) is 15. The second-order valence-electron chi connectivity index (χ2n) is 8.99. The van der Waals surface area contributed by atoms with Crippen LogP contribution >= 0.6 is 7.82 Å². The van der Waals surface area contributed by atoms with Crippen LogP contribution in [0.15, 0.2) is 0 Å². The maximum absolute atomic E-state index is 11.7. The molecule has 0 aliphatic rings. The van der Waals surface area contributed by atoms with E-state index >= 15 is 0 Å². The predicted octanol–water partition coefficient (Wildman–Crippen LogP) is 6.53. The van der Waals surface area contributed by atoms with Gasteiger partial charge in [-0.15, -0.1) is 0 Å². The van der Waals surface area contributed by atoms with Crippen molar-refractivity contribution in [1.29, 1.82) is 0 Å². The van der Waals surface area contributed by atoms with Gasteiger partial charge in [0.15, 0.2) is 0 Å². The van der Waals surface area contributed by atoms with Gasteiger partial charge in [0.2, 0.25) is 0 Å². The molecule has 0 aromatic carbocycles. The molecule has 0 saturated carbocycles. The first-order chi connectivity index (χ1) is 15.0. The van der Waals surface area contributed by atoms with E-state index in [9.17, 15) is 9.46 Å². The molecule has 0 saturated heterocycles. The van der Waals surface area contributed by atoms with E-state index in [1.807, 2.05) is 19.0 Å². The van der Waals surface area contributed by atoms with Crippen LogP contribution in [0.5, 0.6) is 0 Å². The van der Waals surface area contributed by atoms with Gasteiger partial charge in [0.1, 0.15) is 0 Å². The maximum Gasteiger partial charge on any atom is 0.472 e. The molecule has 0 heterocycles. The van der Waals surface area contributed by atoms with E-state index in [0.29, 0.717) is 13.1 Å². The summed E-state index contributed by atoms with van der Waals surface area (Å²) in [5, 5.41) is 3.26. The minimum absolute atomic E-state index is 0.188. The van der Waals surface area contributed by atoms with E-state index in [-0.39, 0.29) is 13.2 Å². The molecular formula is C24H53N2O4P. The summed E-state index contributed by atoms with van der Waals surface area (Å²) < 4.78 is 21.5. The number of nitrogens with one attached hydrogen (secondary N) is 1. The van der Waals surface area contributed by atoms with Crippen LogP contribution in [-0.2, 0) is 13.6 Å². The third kappa shape index (κ3) is 26.2. The highest BCUT2D eigenvalue weighted by Crippen LogP contribution is 2.42. The van der Waals surface area contributed by atoms with Crippen molar-refractivity contribution in [2.24, 2.45) is 0 Å². The van der Waals surface area contributed by atoms with Gasteiger partial charge in [-0.2, -0.15) is 0 Å². The normalized spacial score (nSPS) is 13.7. The molecule has 0 rings (SSSR count). The second-order valence-corrected chi connectivity index (χ2v) is 10.4. The monoisotopic (exact) mass is 464 g/mol. The summed E-state index contributed by atoms with van der Waals surface area (Å²) in [6, 6.07) is 0. The van der Waals surface area contributed by atoms with E-state index < -0.39 is 7.82 Å². The van der Waals surface area contributed by atoms with Gasteiger partial charge in [-0.1, -0.05) is 103 Å². The number of phosphoric acid groups is 1. The van der Waals surface area contributed by atoms with Gasteiger partial charge in [-0.3, -0.25) is 9.05 Å². The van der Waals surface area contributed by atoms with Crippen LogP contribution < -0.4 is 5.32 Å². The van der Waals surface area contributed by atoms with Crippen LogP contribution in [0, 0.1) is 0 Å². The van der Waals surface area contributed by atoms with Crippen LogP contribution in [-0.4, -0.2) is 56.7 Å². The number of rotatable bonds is 25. The highest BCUT2D eigenvalue weighted by atomic mass is 31.2. The van der Waals surface area contributed by atoms with E-state index in [1.165, 1.54) is 96.3 Å². The molecule has 0 aromatic heterocycles. The first-order valence-electron chi connectivity index (χ1n) is 12.9. The zero-order chi connectivity index (χ0) is 23.0. The standard InChI is InChI=1S/C24H53N2O4P/c1-4-5-6-7-8-9-10-11-12-13-14-15-16-17-18-19-20-25-21-23-29-31(27,28)30-24-22-26(2)3/h25H,4-24H2,1-3H3,(H,27,28). The Hall–Kier alpha value is 0.0300. The average molecular weight is 465 g/mol. The fourth-order valence-electron chi connectivity index (χ4n) is 3.53. The number of likely N-dealkylation sites (N-methyl/N-ethyl adjacent to an activating group) is 1. The highest BCUT2D eigenvalue weighted by molar-refractivity contribution is 7.47. The summed E-state index contributed by atoms with van der Waals surface area (Å²) in [4.78, 5) is 11.4. The van der Waals surface area contributed by atoms with Gasteiger partial charge in [-0.05, 0) is 27.1 Å². The number of phosphoric ester groups is 1. The Balaban J connectivity index is 3.19. The molecule has 6 nitrogen and oxygen atoms in total. The fraction of sp³-hybridized carbons (Fsp3) is 1.00. The number of nitrogens with zero attached hydrogens (tertiary/aromatic N) is 1. The van der Waals surface area contributed by atoms with Crippen molar-refractivity contribution in [1.82, 2.24) is 10.2 Å². The molecule has 0 radical (unpaired) electrons. The molecule has 0 spiro atoms. The maximum atomic E-state index is 11.7. The molecule has 31 heavy (non-hydrogen) atoms. The molecule has 0 aliphatic carbocycles. The predicted molar refractivity (Wildman–Crippen MR) is 133 cm³/mol. The zero-order valence-electron chi connectivity index (χ0n) is 20.9. The van der Waals surface area contributed by atoms with Crippen LogP contribution in [0.1, 0.15) is 110 Å². The van der Waals surface area contributed by atoms with Gasteiger partial charge >= 0.3 is 7.82 Å². The van der Waals surface area contributed by atoms with E-state index in [4.69, 9.17) is 9.05 Å². The van der Waals surface area contributed by atoms with Crippen molar-refractivity contribution in [3.05, 3.63) is 0 Å². The van der Waals surface area contributed by atoms with Crippen LogP contribution in [0.2, 0.25) is 0 Å². The minimum atomic E-state index is -3.91. The molecule has 1 atom stereocenters. The van der Waals surface area contributed by atoms with Crippen molar-refractivity contribution < 1.29 is 18.5 Å². The molecule has 0 aliphatic heterocycles. The highest BCUT2D eigenvalue weighted by Gasteiger charge is 2.20. The Morgan fingerprint density at radius 2 is 1.10 bits per heavy atom. The summed E-state index contributed by atoms with van der Waals surface area (Å²) >= 11 is 0. The lowest BCUT2D eigenvalue weighted by Crippen LogP contribution is -2.21. The zero-order valence-corrected chi connectivity index (χ0v) is 21.8. The Morgan fingerprint density at radius 3 is 1.55 bits per heavy atom. The molecule has 0 aromatic rings. The summed E-state index contributed by atoms with van der Waals surface area (Å²) in [7, 11) is -0.141. The van der Waals surface area contributed by atoms with Crippen molar-refractivity contribution >= 4 is 7.82 Å². The SMILES string of the molecule is CCCCCCCCCCCCCCCCCCNCCOP(=O)(O)OCCN(C)C. The molecule has 188 valence electrons. The number of hydrogen-bond acceptors (Lipinski definition) is 5. The van der Waals surface area contributed by atoms with Gasteiger partial charge in [0, 0.05) is 13.1 Å². The Bertz CT molecular complexity index is 411. The molecule has 0 bridgehead atoms. The lowest BCUT2D eigenvalue weighted by Gasteiger charge is -2.14. The van der Waals surface area contributed by atoms with Gasteiger partial charge in [0.05, 0.1) is 13.2 Å². The molecule has 7 heteroatoms. The van der Waals surface area contributed by atoms with Crippen molar-refractivity contribution in [3.8, 4) is 0 Å². The lowest BCUT2D eigenvalue weighted by atomic mass is 10.0. The summed E-state index contributed by atoms with van der Waals surface area (Å²) in [5.74, 6) is 0. The Labute approximate surface area is 193 Å². The van der Waals surface area contributed by atoms with Crippen LogP contribution in [0.25, 0.3) is 0 Å². The Kier molecular flexibility index (Phi) is 23.2. The molecule has 1 unspecified atom stereocenters. The van der Waals surface area contributed by atoms with E-state index in [2.05, 4.69) is 12.2 Å². The van der Waals surface area contributed by atoms with Gasteiger partial charge < -0.3 is 15.1 Å². The molecule has 2 N–H and O–H groups in total. The minimum Gasteiger partial charge on any atom is -0.314 e. The average Bonchev–Trinajstić information content (AvgIpc) is 2.72. The van der Waals surface area contributed by atoms with Gasteiger partial charge in [0.25, 0.3) is 0 Å². The largest absolute Gasteiger partial charge is 0.472 e. The first-order valence-corrected chi connectivity index (χ1v) is 14.4. The van der Waals surface area contributed by atoms with Crippen LogP contribution in [0.3, 0.4) is 0 Å². The van der Waals surface area contributed by atoms with E-state index in [1.54, 1.807) is 0 Å². The third-order valence-corrected chi connectivity index (χ3v) is 6.55. The smallest absolute Gasteiger partial charge is 0.314 e. The second kappa shape index (κ2) is 23.2. The van der Waals surface area contributed by atoms with Crippen molar-refractivity contribution in [2.75, 3.05) is 46.9 Å². The lowest BCUT2D eigenvalue weighted by molar-refractivity contribution is 0.141. The molecular weight excluding hydrogens is 411 g/mol. The fourth-order valence-corrected chi connectivity index (χ4v) is 4.24. The Morgan fingerprint density at radius 1 is 0.677 bits per heavy atom. The topological polar surface area (TPSA) is 71.0 Å². The number of hydrogen-bond donors (Lipinski definition) is 2. The molecule has 0 fully saturated rings. The van der Waals surface area contributed by atoms with Crippen molar-refractivity contribution in [2.45, 2.75) is 110 Å². The summed E-state index contributed by atoms with van der Waals surface area (Å²) in [6.07, 6.45) is 22.0.